The van der Waals surface area contributed by atoms with Crippen molar-refractivity contribution in [1.82, 2.24) is 14.9 Å². The molecule has 1 aromatic heterocycles. The van der Waals surface area contributed by atoms with E-state index in [1.165, 1.54) is 11.8 Å². The molecule has 150 valence electrons. The van der Waals surface area contributed by atoms with Crippen LogP contribution in [0.2, 0.25) is 0 Å². The van der Waals surface area contributed by atoms with Crippen LogP contribution < -0.4 is 15.5 Å². The first-order valence-electron chi connectivity index (χ1n) is 9.48. The van der Waals surface area contributed by atoms with Crippen LogP contribution >= 0.6 is 11.8 Å². The van der Waals surface area contributed by atoms with Crippen molar-refractivity contribution in [3.05, 3.63) is 65.5 Å². The highest BCUT2D eigenvalue weighted by molar-refractivity contribution is 8.00. The molecule has 2 atom stereocenters. The maximum atomic E-state index is 13.2. The summed E-state index contributed by atoms with van der Waals surface area (Å²) in [7, 11) is 1.64. The smallest absolute Gasteiger partial charge is 0.240 e. The van der Waals surface area contributed by atoms with E-state index in [0.717, 1.165) is 34.8 Å². The van der Waals surface area contributed by atoms with Crippen LogP contribution in [0.3, 0.4) is 0 Å². The van der Waals surface area contributed by atoms with Crippen LogP contribution in [0.25, 0.3) is 0 Å². The summed E-state index contributed by atoms with van der Waals surface area (Å²) in [5, 5.41) is 11.8. The summed E-state index contributed by atoms with van der Waals surface area (Å²) in [4.78, 5) is 13.2. The molecule has 0 saturated carbocycles. The molecule has 2 unspecified atom stereocenters. The first-order chi connectivity index (χ1) is 14.1. The number of nitrogens with one attached hydrogen (secondary N) is 2. The number of aryl methyl sites for hydroxylation is 2. The van der Waals surface area contributed by atoms with Crippen LogP contribution in [-0.2, 0) is 11.2 Å². The lowest BCUT2D eigenvalue weighted by Gasteiger charge is -2.33. The van der Waals surface area contributed by atoms with Crippen molar-refractivity contribution in [2.24, 2.45) is 0 Å². The molecule has 4 rings (SSSR count). The molecule has 0 bridgehead atoms. The molecule has 1 amide bonds. The summed E-state index contributed by atoms with van der Waals surface area (Å²) in [5.41, 5.74) is 6.31. The number of benzene rings is 2. The maximum Gasteiger partial charge on any atom is 0.240 e. The van der Waals surface area contributed by atoms with Gasteiger partial charge in [-0.15, -0.1) is 10.2 Å². The van der Waals surface area contributed by atoms with Crippen LogP contribution in [-0.4, -0.2) is 33.1 Å². The average Bonchev–Trinajstić information content (AvgIpc) is 3.15. The number of carbonyl (C=O) groups is 1. The second kappa shape index (κ2) is 8.16. The molecule has 3 aromatic rings. The van der Waals surface area contributed by atoms with Crippen LogP contribution in [0.15, 0.2) is 53.7 Å². The van der Waals surface area contributed by atoms with Gasteiger partial charge < -0.3 is 15.5 Å². The number of hydrogen-bond donors (Lipinski definition) is 2. The summed E-state index contributed by atoms with van der Waals surface area (Å²) in [6.07, 6.45) is 0.746. The van der Waals surface area contributed by atoms with E-state index in [1.54, 1.807) is 7.11 Å². The number of carbonyl (C=O) groups excluding carboxylic acids is 1. The summed E-state index contributed by atoms with van der Waals surface area (Å²) in [5.74, 6) is 1.53. The highest BCUT2D eigenvalue weighted by Gasteiger charge is 2.37. The summed E-state index contributed by atoms with van der Waals surface area (Å²) in [6, 6.07) is 15.3. The fourth-order valence-corrected chi connectivity index (χ4v) is 4.42. The van der Waals surface area contributed by atoms with Gasteiger partial charge in [0.05, 0.1) is 13.2 Å². The minimum atomic E-state index is -0.412. The number of fused-ring (bicyclic) bond motifs is 1. The molecular weight excluding hydrogens is 386 g/mol. The van der Waals surface area contributed by atoms with E-state index < -0.39 is 5.25 Å². The normalized spacial score (nSPS) is 17.9. The number of rotatable bonds is 5. The third kappa shape index (κ3) is 3.93. The molecule has 0 aliphatic carbocycles. The number of amides is 1. The lowest BCUT2D eigenvalue weighted by atomic mass is 10.0. The lowest BCUT2D eigenvalue weighted by Crippen LogP contribution is -2.41. The van der Waals surface area contributed by atoms with Gasteiger partial charge >= 0.3 is 0 Å². The van der Waals surface area contributed by atoms with Crippen LogP contribution in [0.5, 0.6) is 5.75 Å². The molecule has 0 radical (unpaired) electrons. The third-order valence-corrected chi connectivity index (χ3v) is 6.05. The van der Waals surface area contributed by atoms with E-state index in [2.05, 4.69) is 20.9 Å². The van der Waals surface area contributed by atoms with Gasteiger partial charge in [0, 0.05) is 12.1 Å². The zero-order valence-corrected chi connectivity index (χ0v) is 17.4. The fourth-order valence-electron chi connectivity index (χ4n) is 3.33. The topological polar surface area (TPSA) is 81.1 Å². The molecular formula is C21H23N5O2S. The predicted molar refractivity (Wildman–Crippen MR) is 114 cm³/mol. The summed E-state index contributed by atoms with van der Waals surface area (Å²) >= 11 is 1.42. The Morgan fingerprint density at radius 1 is 1.24 bits per heavy atom. The Bertz CT molecular complexity index is 1020. The minimum Gasteiger partial charge on any atom is -0.497 e. The number of aromatic nitrogens is 3. The van der Waals surface area contributed by atoms with Gasteiger partial charge in [0.25, 0.3) is 0 Å². The third-order valence-electron chi connectivity index (χ3n) is 4.84. The SMILES string of the molecule is CCc1nnc2n1NC(c1ccc(OC)cc1)C(C(=O)Nc1cccc(C)c1)S2. The van der Waals surface area contributed by atoms with Crippen molar-refractivity contribution >= 4 is 23.4 Å². The number of nitrogens with zero attached hydrogens (tertiary/aromatic N) is 3. The molecule has 1 aliphatic heterocycles. The van der Waals surface area contributed by atoms with Crippen molar-refractivity contribution in [3.8, 4) is 5.75 Å². The monoisotopic (exact) mass is 409 g/mol. The van der Waals surface area contributed by atoms with E-state index in [0.29, 0.717) is 5.16 Å². The molecule has 2 N–H and O–H groups in total. The second-order valence-corrected chi connectivity index (χ2v) is 7.97. The highest BCUT2D eigenvalue weighted by Crippen LogP contribution is 2.38. The first kappa shape index (κ1) is 19.3. The van der Waals surface area contributed by atoms with Gasteiger partial charge in [-0.3, -0.25) is 4.79 Å². The highest BCUT2D eigenvalue weighted by atomic mass is 32.2. The van der Waals surface area contributed by atoms with Gasteiger partial charge in [0.1, 0.15) is 11.0 Å². The Morgan fingerprint density at radius 3 is 2.72 bits per heavy atom. The largest absolute Gasteiger partial charge is 0.497 e. The quantitative estimate of drug-likeness (QED) is 0.671. The van der Waals surface area contributed by atoms with Crippen molar-refractivity contribution in [1.29, 1.82) is 0 Å². The molecule has 2 aromatic carbocycles. The van der Waals surface area contributed by atoms with Crippen molar-refractivity contribution in [2.45, 2.75) is 36.7 Å². The van der Waals surface area contributed by atoms with E-state index in [1.807, 2.05) is 67.1 Å². The van der Waals surface area contributed by atoms with Crippen LogP contribution in [0.1, 0.15) is 29.9 Å². The molecule has 29 heavy (non-hydrogen) atoms. The molecule has 0 fully saturated rings. The van der Waals surface area contributed by atoms with Crippen molar-refractivity contribution < 1.29 is 9.53 Å². The standard InChI is InChI=1S/C21H23N5O2S/c1-4-17-23-24-21-26(17)25-18(14-8-10-16(28-3)11-9-14)19(29-21)20(27)22-15-7-5-6-13(2)12-15/h5-12,18-19,25H,4H2,1-3H3,(H,22,27). The van der Waals surface area contributed by atoms with E-state index in [-0.39, 0.29) is 11.9 Å². The molecule has 2 heterocycles. The first-order valence-corrected chi connectivity index (χ1v) is 10.4. The minimum absolute atomic E-state index is 0.0822. The Kier molecular flexibility index (Phi) is 5.44. The fraction of sp³-hybridized carbons (Fsp3) is 0.286. The average molecular weight is 410 g/mol. The lowest BCUT2D eigenvalue weighted by molar-refractivity contribution is -0.116. The van der Waals surface area contributed by atoms with Gasteiger partial charge in [0.15, 0.2) is 5.82 Å². The maximum absolute atomic E-state index is 13.2. The Morgan fingerprint density at radius 2 is 2.03 bits per heavy atom. The van der Waals surface area contributed by atoms with Crippen molar-refractivity contribution in [2.75, 3.05) is 17.9 Å². The van der Waals surface area contributed by atoms with Crippen LogP contribution in [0.4, 0.5) is 5.69 Å². The predicted octanol–water partition coefficient (Wildman–Crippen LogP) is 3.56. The van der Waals surface area contributed by atoms with E-state index >= 15 is 0 Å². The Balaban J connectivity index is 1.66. The van der Waals surface area contributed by atoms with E-state index in [9.17, 15) is 4.79 Å². The number of hydrogen-bond acceptors (Lipinski definition) is 6. The Hall–Kier alpha value is -3.00. The van der Waals surface area contributed by atoms with Gasteiger partial charge in [-0.1, -0.05) is 43.0 Å². The van der Waals surface area contributed by atoms with Gasteiger partial charge in [0.2, 0.25) is 11.1 Å². The molecule has 0 saturated heterocycles. The molecule has 0 spiro atoms. The van der Waals surface area contributed by atoms with Crippen LogP contribution in [0, 0.1) is 6.92 Å². The van der Waals surface area contributed by atoms with Gasteiger partial charge in [-0.2, -0.15) is 0 Å². The van der Waals surface area contributed by atoms with E-state index in [4.69, 9.17) is 4.74 Å². The molecule has 8 heteroatoms. The number of thioether (sulfide) groups is 1. The van der Waals surface area contributed by atoms with Gasteiger partial charge in [-0.05, 0) is 42.3 Å². The number of anilines is 1. The summed E-state index contributed by atoms with van der Waals surface area (Å²) in [6.45, 7) is 4.03. The molecule has 1 aliphatic rings. The van der Waals surface area contributed by atoms with Gasteiger partial charge in [-0.25, -0.2) is 4.68 Å². The molecule has 7 nitrogen and oxygen atoms in total. The number of ether oxygens (including phenoxy) is 1. The number of methoxy groups -OCH3 is 1. The Labute approximate surface area is 173 Å². The summed E-state index contributed by atoms with van der Waals surface area (Å²) < 4.78 is 7.16. The second-order valence-electron chi connectivity index (χ2n) is 6.86. The zero-order valence-electron chi connectivity index (χ0n) is 16.5. The zero-order chi connectivity index (χ0) is 20.4. The van der Waals surface area contributed by atoms with Crippen molar-refractivity contribution in [3.63, 3.8) is 0 Å².